The van der Waals surface area contributed by atoms with E-state index in [1.807, 2.05) is 19.1 Å². The second-order valence-electron chi connectivity index (χ2n) is 7.93. The molecular formula is C27H25NO4S. The number of carbonyl (C=O) groups excluding carboxylic acids is 2. The SMILES string of the molecule is COc1ccc(C(=O)CCC(=O)c2cc(C)cc(-c3csc4c(C)cccc34)n2)cc1OC. The van der Waals surface area contributed by atoms with Crippen LogP contribution in [0.2, 0.25) is 0 Å². The van der Waals surface area contributed by atoms with Crippen LogP contribution in [0.1, 0.15) is 44.8 Å². The third-order valence-corrected chi connectivity index (χ3v) is 6.74. The van der Waals surface area contributed by atoms with Crippen molar-refractivity contribution in [2.24, 2.45) is 0 Å². The quantitative estimate of drug-likeness (QED) is 0.284. The van der Waals surface area contributed by atoms with Crippen LogP contribution in [0.25, 0.3) is 21.3 Å². The number of methoxy groups -OCH3 is 2. The van der Waals surface area contributed by atoms with Gasteiger partial charge in [-0.3, -0.25) is 9.59 Å². The van der Waals surface area contributed by atoms with Gasteiger partial charge in [0, 0.05) is 39.4 Å². The number of fused-ring (bicyclic) bond motifs is 1. The summed E-state index contributed by atoms with van der Waals surface area (Å²) in [5.74, 6) is 0.761. The fraction of sp³-hybridized carbons (Fsp3) is 0.222. The van der Waals surface area contributed by atoms with Gasteiger partial charge in [0.25, 0.3) is 0 Å². The molecule has 0 bridgehead atoms. The Bertz CT molecular complexity index is 1360. The molecule has 0 fully saturated rings. The number of rotatable bonds is 8. The molecular weight excluding hydrogens is 434 g/mol. The third-order valence-electron chi connectivity index (χ3n) is 5.61. The summed E-state index contributed by atoms with van der Waals surface area (Å²) in [6.45, 7) is 4.05. The minimum absolute atomic E-state index is 0.0898. The van der Waals surface area contributed by atoms with Crippen LogP contribution in [0.5, 0.6) is 11.5 Å². The molecule has 0 aliphatic rings. The molecule has 0 aliphatic heterocycles. The molecule has 0 unspecified atom stereocenters. The van der Waals surface area contributed by atoms with Crippen molar-refractivity contribution < 1.29 is 19.1 Å². The van der Waals surface area contributed by atoms with Crippen molar-refractivity contribution in [3.8, 4) is 22.8 Å². The molecule has 0 saturated carbocycles. The Balaban J connectivity index is 1.54. The normalized spacial score (nSPS) is 10.9. The van der Waals surface area contributed by atoms with Gasteiger partial charge >= 0.3 is 0 Å². The molecule has 0 saturated heterocycles. The number of ether oxygens (including phenoxy) is 2. The molecule has 5 nitrogen and oxygen atoms in total. The van der Waals surface area contributed by atoms with Gasteiger partial charge < -0.3 is 9.47 Å². The Morgan fingerprint density at radius 2 is 1.67 bits per heavy atom. The van der Waals surface area contributed by atoms with Crippen molar-refractivity contribution in [2.75, 3.05) is 14.2 Å². The number of nitrogens with zero attached hydrogens (tertiary/aromatic N) is 1. The summed E-state index contributed by atoms with van der Waals surface area (Å²) in [5, 5.41) is 3.23. The largest absolute Gasteiger partial charge is 0.493 e. The van der Waals surface area contributed by atoms with Gasteiger partial charge in [0.05, 0.1) is 19.9 Å². The van der Waals surface area contributed by atoms with Gasteiger partial charge in [0.15, 0.2) is 23.1 Å². The summed E-state index contributed by atoms with van der Waals surface area (Å²) < 4.78 is 11.7. The van der Waals surface area contributed by atoms with Gasteiger partial charge in [-0.1, -0.05) is 18.2 Å². The summed E-state index contributed by atoms with van der Waals surface area (Å²) in [7, 11) is 3.07. The average Bonchev–Trinajstić information content (AvgIpc) is 3.27. The summed E-state index contributed by atoms with van der Waals surface area (Å²) in [4.78, 5) is 30.3. The zero-order valence-corrected chi connectivity index (χ0v) is 19.9. The number of Topliss-reactive ketones (excluding diaryl/α,β-unsaturated/α-hetero) is 2. The fourth-order valence-electron chi connectivity index (χ4n) is 3.86. The van der Waals surface area contributed by atoms with Crippen molar-refractivity contribution in [3.63, 3.8) is 0 Å². The lowest BCUT2D eigenvalue weighted by Crippen LogP contribution is -2.08. The zero-order valence-electron chi connectivity index (χ0n) is 19.1. The minimum Gasteiger partial charge on any atom is -0.493 e. The van der Waals surface area contributed by atoms with Crippen molar-refractivity contribution in [3.05, 3.63) is 76.3 Å². The van der Waals surface area contributed by atoms with Gasteiger partial charge in [-0.05, 0) is 55.3 Å². The Kier molecular flexibility index (Phi) is 6.56. The van der Waals surface area contributed by atoms with E-state index in [-0.39, 0.29) is 24.4 Å². The van der Waals surface area contributed by atoms with E-state index in [1.54, 1.807) is 42.7 Å². The maximum absolute atomic E-state index is 12.9. The lowest BCUT2D eigenvalue weighted by molar-refractivity contribution is 0.0915. The van der Waals surface area contributed by atoms with Crippen LogP contribution in [0.15, 0.2) is 53.9 Å². The molecule has 6 heteroatoms. The number of hydrogen-bond acceptors (Lipinski definition) is 6. The molecule has 4 aromatic rings. The van der Waals surface area contributed by atoms with Crippen LogP contribution < -0.4 is 9.47 Å². The fourth-order valence-corrected chi connectivity index (χ4v) is 4.90. The van der Waals surface area contributed by atoms with Crippen LogP contribution in [-0.2, 0) is 0 Å². The Morgan fingerprint density at radius 3 is 2.42 bits per heavy atom. The molecule has 0 spiro atoms. The Morgan fingerprint density at radius 1 is 0.909 bits per heavy atom. The molecule has 4 rings (SSSR count). The molecule has 0 aliphatic carbocycles. The average molecular weight is 460 g/mol. The number of aromatic nitrogens is 1. The van der Waals surface area contributed by atoms with Gasteiger partial charge in [0.1, 0.15) is 5.69 Å². The highest BCUT2D eigenvalue weighted by atomic mass is 32.1. The smallest absolute Gasteiger partial charge is 0.181 e. The summed E-state index contributed by atoms with van der Waals surface area (Å²) in [6.07, 6.45) is 0.187. The number of benzene rings is 2. The molecule has 2 heterocycles. The number of pyridine rings is 1. The maximum atomic E-state index is 12.9. The standard InChI is InChI=1S/C27H25NO4S/c1-16-12-21(20-15-33-27-17(2)6-5-7-19(20)27)28-22(13-16)24(30)10-9-23(29)18-8-11-25(31-3)26(14-18)32-4/h5-8,11-15H,9-10H2,1-4H3. The molecule has 2 aromatic heterocycles. The molecule has 0 atom stereocenters. The van der Waals surface area contributed by atoms with Crippen LogP contribution in [0.4, 0.5) is 0 Å². The van der Waals surface area contributed by atoms with E-state index >= 15 is 0 Å². The van der Waals surface area contributed by atoms with Crippen LogP contribution >= 0.6 is 11.3 Å². The first-order valence-corrected chi connectivity index (χ1v) is 11.5. The lowest BCUT2D eigenvalue weighted by Gasteiger charge is -2.09. The Labute approximate surface area is 197 Å². The first-order chi connectivity index (χ1) is 15.9. The predicted octanol–water partition coefficient (Wildman–Crippen LogP) is 6.44. The monoisotopic (exact) mass is 459 g/mol. The first kappa shape index (κ1) is 22.7. The maximum Gasteiger partial charge on any atom is 0.181 e. The predicted molar refractivity (Wildman–Crippen MR) is 132 cm³/mol. The Hall–Kier alpha value is -3.51. The number of thiophene rings is 1. The van der Waals surface area contributed by atoms with E-state index < -0.39 is 0 Å². The van der Waals surface area contributed by atoms with Crippen molar-refractivity contribution in [1.29, 1.82) is 0 Å². The molecule has 0 radical (unpaired) electrons. The summed E-state index contributed by atoms with van der Waals surface area (Å²) >= 11 is 1.68. The van der Waals surface area contributed by atoms with E-state index in [0.29, 0.717) is 22.8 Å². The highest BCUT2D eigenvalue weighted by Crippen LogP contribution is 2.35. The van der Waals surface area contributed by atoms with Gasteiger partial charge in [-0.25, -0.2) is 4.98 Å². The zero-order chi connectivity index (χ0) is 23.5. The van der Waals surface area contributed by atoms with E-state index in [9.17, 15) is 9.59 Å². The molecule has 2 aromatic carbocycles. The van der Waals surface area contributed by atoms with E-state index in [4.69, 9.17) is 9.47 Å². The number of carbonyl (C=O) groups is 2. The van der Waals surface area contributed by atoms with Crippen LogP contribution in [0, 0.1) is 13.8 Å². The summed E-state index contributed by atoms with van der Waals surface area (Å²) in [6, 6.07) is 15.0. The number of hydrogen-bond donors (Lipinski definition) is 0. The topological polar surface area (TPSA) is 65.5 Å². The van der Waals surface area contributed by atoms with Crippen molar-refractivity contribution >= 4 is 33.0 Å². The van der Waals surface area contributed by atoms with E-state index in [0.717, 1.165) is 22.2 Å². The van der Waals surface area contributed by atoms with Gasteiger partial charge in [0.2, 0.25) is 0 Å². The third kappa shape index (κ3) is 4.66. The summed E-state index contributed by atoms with van der Waals surface area (Å²) in [5.41, 5.74) is 4.86. The molecule has 0 N–H and O–H groups in total. The van der Waals surface area contributed by atoms with Crippen molar-refractivity contribution in [2.45, 2.75) is 26.7 Å². The second kappa shape index (κ2) is 9.55. The van der Waals surface area contributed by atoms with E-state index in [2.05, 4.69) is 29.4 Å². The second-order valence-corrected chi connectivity index (χ2v) is 8.81. The minimum atomic E-state index is -0.149. The van der Waals surface area contributed by atoms with Crippen LogP contribution in [-0.4, -0.2) is 30.8 Å². The van der Waals surface area contributed by atoms with Gasteiger partial charge in [-0.15, -0.1) is 11.3 Å². The molecule has 0 amide bonds. The van der Waals surface area contributed by atoms with Crippen LogP contribution in [0.3, 0.4) is 0 Å². The first-order valence-electron chi connectivity index (χ1n) is 10.7. The highest BCUT2D eigenvalue weighted by molar-refractivity contribution is 7.18. The lowest BCUT2D eigenvalue weighted by atomic mass is 10.0. The van der Waals surface area contributed by atoms with Crippen molar-refractivity contribution in [1.82, 2.24) is 4.98 Å². The van der Waals surface area contributed by atoms with E-state index in [1.165, 1.54) is 17.4 Å². The number of aryl methyl sites for hydroxylation is 2. The van der Waals surface area contributed by atoms with Gasteiger partial charge in [-0.2, -0.15) is 0 Å². The number of ketones is 2. The molecule has 33 heavy (non-hydrogen) atoms. The molecule has 168 valence electrons. The highest BCUT2D eigenvalue weighted by Gasteiger charge is 2.17.